The molecule has 6 aliphatic rings. The van der Waals surface area contributed by atoms with Gasteiger partial charge in [-0.2, -0.15) is 0 Å². The van der Waals surface area contributed by atoms with Crippen LogP contribution < -0.4 is 11.1 Å². The zero-order chi connectivity index (χ0) is 27.1. The fourth-order valence-electron chi connectivity index (χ4n) is 6.71. The third-order valence-electron chi connectivity index (χ3n) is 9.02. The van der Waals surface area contributed by atoms with Gasteiger partial charge in [0.1, 0.15) is 6.29 Å². The predicted molar refractivity (Wildman–Crippen MR) is 154 cm³/mol. The molecule has 1 amide bonds. The van der Waals surface area contributed by atoms with Crippen LogP contribution in [-0.4, -0.2) is 42.4 Å². The summed E-state index contributed by atoms with van der Waals surface area (Å²) in [6.07, 6.45) is 11.7. The van der Waals surface area contributed by atoms with Gasteiger partial charge in [0.2, 0.25) is 5.91 Å². The van der Waals surface area contributed by atoms with Crippen molar-refractivity contribution in [1.82, 2.24) is 4.90 Å². The Hall–Kier alpha value is -2.86. The van der Waals surface area contributed by atoms with Gasteiger partial charge >= 0.3 is 0 Å². The normalized spacial score (nSPS) is 23.7. The van der Waals surface area contributed by atoms with Crippen LogP contribution in [0.1, 0.15) is 91.5 Å². The number of nitrogens with one attached hydrogen (secondary N) is 1. The summed E-state index contributed by atoms with van der Waals surface area (Å²) in [5.74, 6) is 1.28. The van der Waals surface area contributed by atoms with E-state index in [4.69, 9.17) is 10.8 Å². The number of benzene rings is 2. The van der Waals surface area contributed by atoms with Gasteiger partial charge in [0, 0.05) is 45.0 Å². The Bertz CT molecular complexity index is 1110. The lowest BCUT2D eigenvalue weighted by atomic mass is 9.79. The number of hydrogen-bond acceptors (Lipinski definition) is 5. The summed E-state index contributed by atoms with van der Waals surface area (Å²) in [6, 6.07) is 10.8. The standard InChI is InChI=1S/C31H41N3O2.CH4O/c1-21-27-12-13-29(30(21)32)33-16-4-2-3-5-22-6-8-24(9-7-22)31(36)34-17-14-23-10-11-25(19-26(23)20-34)28(27)15-18-35;1-2/h10-13,18-19,22,24,28,33H,2-9,14-17,20,32H2,1H3;2H,1H3. The molecule has 7 bridgehead atoms. The van der Waals surface area contributed by atoms with E-state index in [0.717, 1.165) is 86.2 Å². The molecule has 1 fully saturated rings. The van der Waals surface area contributed by atoms with Gasteiger partial charge in [-0.3, -0.25) is 4.79 Å². The van der Waals surface area contributed by atoms with Crippen molar-refractivity contribution < 1.29 is 14.7 Å². The quantitative estimate of drug-likeness (QED) is 0.355. The van der Waals surface area contributed by atoms with E-state index in [1.165, 1.54) is 43.2 Å². The molecule has 2 aromatic rings. The minimum absolute atomic E-state index is 0.0420. The molecule has 206 valence electrons. The van der Waals surface area contributed by atoms with E-state index in [0.29, 0.717) is 18.9 Å². The Morgan fingerprint density at radius 1 is 1.03 bits per heavy atom. The van der Waals surface area contributed by atoms with Crippen molar-refractivity contribution in [2.24, 2.45) is 11.8 Å². The van der Waals surface area contributed by atoms with E-state index >= 15 is 0 Å². The molecule has 6 nitrogen and oxygen atoms in total. The van der Waals surface area contributed by atoms with E-state index in [1.807, 2.05) is 0 Å². The first-order valence-electron chi connectivity index (χ1n) is 14.5. The Morgan fingerprint density at radius 3 is 2.58 bits per heavy atom. The molecule has 6 heteroatoms. The molecule has 2 aromatic carbocycles. The van der Waals surface area contributed by atoms with E-state index < -0.39 is 0 Å². The van der Waals surface area contributed by atoms with Crippen LogP contribution >= 0.6 is 0 Å². The van der Waals surface area contributed by atoms with Crippen molar-refractivity contribution in [3.63, 3.8) is 0 Å². The van der Waals surface area contributed by atoms with Gasteiger partial charge in [-0.15, -0.1) is 0 Å². The van der Waals surface area contributed by atoms with Gasteiger partial charge in [0.15, 0.2) is 0 Å². The number of nitrogens with zero attached hydrogens (tertiary/aromatic N) is 1. The minimum atomic E-state index is -0.0420. The number of aliphatic hydroxyl groups excluding tert-OH is 1. The summed E-state index contributed by atoms with van der Waals surface area (Å²) in [7, 11) is 1.00. The number of carbonyl (C=O) groups excluding carboxylic acids is 2. The zero-order valence-electron chi connectivity index (χ0n) is 23.2. The van der Waals surface area contributed by atoms with Gasteiger partial charge in [-0.1, -0.05) is 43.5 Å². The van der Waals surface area contributed by atoms with Crippen LogP contribution in [0.5, 0.6) is 0 Å². The molecule has 38 heavy (non-hydrogen) atoms. The highest BCUT2D eigenvalue weighted by Gasteiger charge is 2.31. The predicted octanol–water partition coefficient (Wildman–Crippen LogP) is 5.58. The van der Waals surface area contributed by atoms with Crippen LogP contribution in [0.4, 0.5) is 11.4 Å². The highest BCUT2D eigenvalue weighted by Crippen LogP contribution is 2.38. The maximum Gasteiger partial charge on any atom is 0.225 e. The number of aliphatic hydroxyl groups is 1. The average Bonchev–Trinajstić information content (AvgIpc) is 2.96. The van der Waals surface area contributed by atoms with Crippen LogP contribution in [0.15, 0.2) is 30.3 Å². The molecule has 1 unspecified atom stereocenters. The number of amides is 1. The van der Waals surface area contributed by atoms with Crippen molar-refractivity contribution in [3.8, 4) is 0 Å². The highest BCUT2D eigenvalue weighted by molar-refractivity contribution is 5.79. The fraction of sp³-hybridized carbons (Fsp3) is 0.562. The van der Waals surface area contributed by atoms with Crippen molar-refractivity contribution >= 4 is 23.6 Å². The van der Waals surface area contributed by atoms with E-state index in [-0.39, 0.29) is 11.8 Å². The van der Waals surface area contributed by atoms with Crippen molar-refractivity contribution in [2.75, 3.05) is 31.2 Å². The summed E-state index contributed by atoms with van der Waals surface area (Å²) in [5.41, 5.74) is 14.2. The van der Waals surface area contributed by atoms with Gasteiger partial charge in [-0.25, -0.2) is 0 Å². The van der Waals surface area contributed by atoms with Crippen molar-refractivity contribution in [3.05, 3.63) is 58.1 Å². The SMILES string of the molecule is CO.Cc1c2ccc(c1N)NCCCCCC1CCC(CC1)C(=O)N1CCc3ccc(cc3C1)C2CC=O. The second-order valence-electron chi connectivity index (χ2n) is 11.2. The van der Waals surface area contributed by atoms with Gasteiger partial charge in [0.05, 0.1) is 11.4 Å². The Kier molecular flexibility index (Phi) is 9.84. The van der Waals surface area contributed by atoms with E-state index in [2.05, 4.69) is 47.5 Å². The topological polar surface area (TPSA) is 95.7 Å². The average molecular weight is 520 g/mol. The second-order valence-corrected chi connectivity index (χ2v) is 11.2. The minimum Gasteiger partial charge on any atom is -0.400 e. The number of nitrogen functional groups attached to an aromatic ring is 1. The molecule has 5 heterocycles. The Balaban J connectivity index is 0.00000164. The molecule has 1 atom stereocenters. The first kappa shape index (κ1) is 28.2. The molecule has 4 N–H and O–H groups in total. The summed E-state index contributed by atoms with van der Waals surface area (Å²) in [4.78, 5) is 27.3. The molecule has 5 aliphatic heterocycles. The summed E-state index contributed by atoms with van der Waals surface area (Å²) >= 11 is 0. The molecule has 1 aliphatic carbocycles. The lowest BCUT2D eigenvalue weighted by molar-refractivity contribution is -0.137. The Morgan fingerprint density at radius 2 is 1.82 bits per heavy atom. The highest BCUT2D eigenvalue weighted by atomic mass is 16.2. The monoisotopic (exact) mass is 519 g/mol. The number of rotatable bonds is 2. The smallest absolute Gasteiger partial charge is 0.225 e. The third kappa shape index (κ3) is 6.23. The van der Waals surface area contributed by atoms with Gasteiger partial charge in [-0.05, 0) is 85.3 Å². The molecular weight excluding hydrogens is 474 g/mol. The number of anilines is 2. The van der Waals surface area contributed by atoms with E-state index in [9.17, 15) is 9.59 Å². The first-order chi connectivity index (χ1) is 18.5. The van der Waals surface area contributed by atoms with Crippen molar-refractivity contribution in [2.45, 2.75) is 83.6 Å². The van der Waals surface area contributed by atoms with Gasteiger partial charge < -0.3 is 25.9 Å². The third-order valence-corrected chi connectivity index (χ3v) is 9.02. The maximum absolute atomic E-state index is 13.5. The lowest BCUT2D eigenvalue weighted by Crippen LogP contribution is -2.41. The fourth-order valence-corrected chi connectivity index (χ4v) is 6.71. The molecule has 0 radical (unpaired) electrons. The van der Waals surface area contributed by atoms with Crippen LogP contribution in [0.3, 0.4) is 0 Å². The zero-order valence-corrected chi connectivity index (χ0v) is 23.2. The maximum atomic E-state index is 13.5. The molecule has 8 rings (SSSR count). The number of carbonyl (C=O) groups is 2. The Labute approximate surface area is 228 Å². The van der Waals surface area contributed by atoms with E-state index in [1.54, 1.807) is 0 Å². The summed E-state index contributed by atoms with van der Waals surface area (Å²) in [5, 5.41) is 10.5. The van der Waals surface area contributed by atoms with Crippen LogP contribution in [0, 0.1) is 18.8 Å². The van der Waals surface area contributed by atoms with Crippen LogP contribution in [-0.2, 0) is 22.6 Å². The van der Waals surface area contributed by atoms with Gasteiger partial charge in [0.25, 0.3) is 0 Å². The molecular formula is C32H45N3O3. The number of nitrogens with two attached hydrogens (primary N) is 1. The van der Waals surface area contributed by atoms with Crippen LogP contribution in [0.2, 0.25) is 0 Å². The molecule has 0 aromatic heterocycles. The summed E-state index contributed by atoms with van der Waals surface area (Å²) in [6.45, 7) is 4.48. The molecule has 0 spiro atoms. The number of aldehydes is 1. The summed E-state index contributed by atoms with van der Waals surface area (Å²) < 4.78 is 0. The first-order valence-corrected chi connectivity index (χ1v) is 14.5. The lowest BCUT2D eigenvalue weighted by Gasteiger charge is -2.35. The van der Waals surface area contributed by atoms with Crippen molar-refractivity contribution in [1.29, 1.82) is 0 Å². The van der Waals surface area contributed by atoms with Crippen LogP contribution in [0.25, 0.3) is 0 Å². The second kappa shape index (κ2) is 13.3. The molecule has 0 saturated heterocycles. The number of hydrogen-bond donors (Lipinski definition) is 3. The molecule has 1 saturated carbocycles. The largest absolute Gasteiger partial charge is 0.400 e.